The van der Waals surface area contributed by atoms with Gasteiger partial charge in [-0.05, 0) is 80.0 Å². The number of carbonyl (C=O) groups is 2. The van der Waals surface area contributed by atoms with Crippen molar-refractivity contribution in [3.05, 3.63) is 58.1 Å². The van der Waals surface area contributed by atoms with E-state index in [1.54, 1.807) is 30.1 Å². The molecule has 212 valence electrons. The van der Waals surface area contributed by atoms with E-state index in [-0.39, 0.29) is 11.5 Å². The minimum Gasteiger partial charge on any atom is -0.487 e. The first-order chi connectivity index (χ1) is 18.7. The van der Waals surface area contributed by atoms with Gasteiger partial charge in [-0.3, -0.25) is 4.79 Å². The van der Waals surface area contributed by atoms with Gasteiger partial charge >= 0.3 is 5.97 Å². The molecule has 0 saturated carbocycles. The monoisotopic (exact) mass is 556 g/mol. The normalized spacial score (nSPS) is 23.8. The number of halogens is 1. The van der Waals surface area contributed by atoms with Crippen molar-refractivity contribution in [2.75, 3.05) is 31.6 Å². The van der Waals surface area contributed by atoms with Crippen LogP contribution >= 0.6 is 11.6 Å². The number of hydrogen-bond acceptors (Lipinski definition) is 5. The Hall–Kier alpha value is -2.77. The fourth-order valence-electron chi connectivity index (χ4n) is 5.75. The third-order valence-electron chi connectivity index (χ3n) is 8.29. The number of amides is 1. The molecule has 7 nitrogen and oxygen atoms in total. The highest BCUT2D eigenvalue weighted by Crippen LogP contribution is 2.39. The molecule has 0 aromatic heterocycles. The molecule has 2 atom stereocenters. The molecule has 2 aromatic carbocycles. The number of carboxylic acids is 1. The molecule has 4 rings (SSSR count). The third-order valence-corrected chi connectivity index (χ3v) is 8.52. The maximum Gasteiger partial charge on any atom is 0.341 e. The standard InChI is InChI=1S/C31H41ClN2O5/c1-22-29(35)33(2)16-8-5-3-4-6-9-17-34-18-10-7-11-23-19-26(32)14-12-24(23)21-39-28-15-13-25(20-27(28)34)31(22,38)30(36)37/h12-15,19-20,22,38H,3-11,16-18,21H2,1-2H3,(H,36,37)/t22-,31+/m1/s1. The number of ether oxygens (including phenoxy) is 1. The second-order valence-electron chi connectivity index (χ2n) is 11.0. The van der Waals surface area contributed by atoms with Crippen molar-refractivity contribution in [1.29, 1.82) is 0 Å². The number of hydrogen-bond donors (Lipinski definition) is 2. The van der Waals surface area contributed by atoms with Crippen molar-refractivity contribution in [2.24, 2.45) is 5.92 Å². The van der Waals surface area contributed by atoms with Crippen molar-refractivity contribution in [1.82, 2.24) is 4.90 Å². The zero-order valence-electron chi connectivity index (χ0n) is 23.1. The van der Waals surface area contributed by atoms with Crippen LogP contribution in [0.3, 0.4) is 0 Å². The second-order valence-corrected chi connectivity index (χ2v) is 11.4. The molecular formula is C31H41ClN2O5. The molecule has 0 fully saturated rings. The SMILES string of the molecule is C[C@@H]1C(=O)N(C)CCCCCCCCN2CCCCc3cc(Cl)ccc3COc3ccc(cc32)[C@]1(O)C(=O)O. The molecule has 2 N–H and O–H groups in total. The molecule has 0 aliphatic carbocycles. The summed E-state index contributed by atoms with van der Waals surface area (Å²) in [5, 5.41) is 22.6. The smallest absolute Gasteiger partial charge is 0.341 e. The van der Waals surface area contributed by atoms with Gasteiger partial charge in [0.15, 0.2) is 5.60 Å². The number of aliphatic carboxylic acids is 1. The number of aryl methyl sites for hydroxylation is 1. The predicted octanol–water partition coefficient (Wildman–Crippen LogP) is 5.78. The first kappa shape index (κ1) is 29.2. The third kappa shape index (κ3) is 6.69. The molecule has 1 amide bonds. The van der Waals surface area contributed by atoms with E-state index in [1.165, 1.54) is 12.5 Å². The van der Waals surface area contributed by atoms with E-state index in [9.17, 15) is 19.8 Å². The molecule has 8 heteroatoms. The molecule has 0 spiro atoms. The molecule has 39 heavy (non-hydrogen) atoms. The number of aliphatic hydroxyl groups is 1. The van der Waals surface area contributed by atoms with E-state index < -0.39 is 17.5 Å². The predicted molar refractivity (Wildman–Crippen MR) is 153 cm³/mol. The number of nitrogens with zero attached hydrogens (tertiary/aromatic N) is 2. The van der Waals surface area contributed by atoms with Gasteiger partial charge in [0.1, 0.15) is 12.4 Å². The largest absolute Gasteiger partial charge is 0.487 e. The van der Waals surface area contributed by atoms with E-state index in [1.807, 2.05) is 18.2 Å². The van der Waals surface area contributed by atoms with Crippen LogP contribution in [0.5, 0.6) is 5.75 Å². The van der Waals surface area contributed by atoms with Gasteiger partial charge in [-0.25, -0.2) is 4.79 Å². The minimum absolute atomic E-state index is 0.186. The summed E-state index contributed by atoms with van der Waals surface area (Å²) in [6.07, 6.45) is 9.05. The number of carboxylic acid groups (broad SMARTS) is 1. The van der Waals surface area contributed by atoms with E-state index in [4.69, 9.17) is 16.3 Å². The molecule has 0 saturated heterocycles. The van der Waals surface area contributed by atoms with E-state index in [2.05, 4.69) is 4.90 Å². The summed E-state index contributed by atoms with van der Waals surface area (Å²) in [6, 6.07) is 10.9. The Morgan fingerprint density at radius 2 is 1.62 bits per heavy atom. The average Bonchev–Trinajstić information content (AvgIpc) is 2.95. The van der Waals surface area contributed by atoms with Gasteiger partial charge in [-0.15, -0.1) is 0 Å². The molecule has 2 aliphatic rings. The van der Waals surface area contributed by atoms with Gasteiger partial charge < -0.3 is 24.7 Å². The zero-order chi connectivity index (χ0) is 28.0. The van der Waals surface area contributed by atoms with Crippen LogP contribution in [0.2, 0.25) is 5.02 Å². The van der Waals surface area contributed by atoms with Crippen molar-refractivity contribution in [2.45, 2.75) is 76.9 Å². The first-order valence-electron chi connectivity index (χ1n) is 14.2. The second kappa shape index (κ2) is 13.1. The van der Waals surface area contributed by atoms with Gasteiger partial charge in [0.25, 0.3) is 0 Å². The number of carbonyl (C=O) groups excluding carboxylic acids is 1. The van der Waals surface area contributed by atoms with Gasteiger partial charge in [0.05, 0.1) is 11.6 Å². The molecule has 2 heterocycles. The lowest BCUT2D eigenvalue weighted by Crippen LogP contribution is -2.49. The van der Waals surface area contributed by atoms with Gasteiger partial charge in [0.2, 0.25) is 5.91 Å². The maximum absolute atomic E-state index is 13.3. The molecule has 2 aliphatic heterocycles. The van der Waals surface area contributed by atoms with Crippen LogP contribution in [-0.4, -0.2) is 53.7 Å². The Bertz CT molecular complexity index is 1170. The number of rotatable bonds is 1. The van der Waals surface area contributed by atoms with E-state index >= 15 is 0 Å². The van der Waals surface area contributed by atoms with Crippen LogP contribution < -0.4 is 9.64 Å². The Morgan fingerprint density at radius 1 is 0.949 bits per heavy atom. The van der Waals surface area contributed by atoms with Crippen molar-refractivity contribution in [3.8, 4) is 5.75 Å². The number of anilines is 1. The highest BCUT2D eigenvalue weighted by molar-refractivity contribution is 6.30. The van der Waals surface area contributed by atoms with Crippen LogP contribution in [0.25, 0.3) is 0 Å². The quantitative estimate of drug-likeness (QED) is 0.462. The summed E-state index contributed by atoms with van der Waals surface area (Å²) >= 11 is 6.28. The van der Waals surface area contributed by atoms with Crippen LogP contribution in [0.15, 0.2) is 36.4 Å². The molecule has 0 radical (unpaired) electrons. The van der Waals surface area contributed by atoms with Crippen LogP contribution in [0.1, 0.15) is 75.0 Å². The Labute approximate surface area is 236 Å². The van der Waals surface area contributed by atoms with E-state index in [0.29, 0.717) is 23.9 Å². The lowest BCUT2D eigenvalue weighted by Gasteiger charge is -2.34. The van der Waals surface area contributed by atoms with Crippen molar-refractivity contribution < 1.29 is 24.5 Å². The Morgan fingerprint density at radius 3 is 2.33 bits per heavy atom. The fraction of sp³-hybridized carbons (Fsp3) is 0.548. The summed E-state index contributed by atoms with van der Waals surface area (Å²) in [5.41, 5.74) is 0.812. The van der Waals surface area contributed by atoms with Crippen molar-refractivity contribution >= 4 is 29.2 Å². The summed E-state index contributed by atoms with van der Waals surface area (Å²) in [4.78, 5) is 29.7. The van der Waals surface area contributed by atoms with Gasteiger partial charge in [-0.1, -0.05) is 49.4 Å². The summed E-state index contributed by atoms with van der Waals surface area (Å²) in [5.74, 6) is -2.36. The van der Waals surface area contributed by atoms with Crippen LogP contribution in [-0.2, 0) is 28.2 Å². The average molecular weight is 557 g/mol. The fourth-order valence-corrected chi connectivity index (χ4v) is 5.95. The number of benzene rings is 2. The number of fused-ring (bicyclic) bond motifs is 2. The molecular weight excluding hydrogens is 516 g/mol. The maximum atomic E-state index is 13.3. The lowest BCUT2D eigenvalue weighted by molar-refractivity contribution is -0.172. The Balaban J connectivity index is 1.78. The van der Waals surface area contributed by atoms with Gasteiger partial charge in [0, 0.05) is 31.7 Å². The van der Waals surface area contributed by atoms with Crippen LogP contribution in [0, 0.1) is 5.92 Å². The highest BCUT2D eigenvalue weighted by Gasteiger charge is 2.48. The van der Waals surface area contributed by atoms with Gasteiger partial charge in [-0.2, -0.15) is 0 Å². The van der Waals surface area contributed by atoms with Crippen LogP contribution in [0.4, 0.5) is 5.69 Å². The summed E-state index contributed by atoms with van der Waals surface area (Å²) < 4.78 is 6.36. The molecule has 2 bridgehead atoms. The molecule has 0 unspecified atom stereocenters. The minimum atomic E-state index is -2.38. The first-order valence-corrected chi connectivity index (χ1v) is 14.6. The highest BCUT2D eigenvalue weighted by atomic mass is 35.5. The summed E-state index contributed by atoms with van der Waals surface area (Å²) in [6.45, 7) is 3.98. The lowest BCUT2D eigenvalue weighted by atomic mass is 9.81. The van der Waals surface area contributed by atoms with Crippen molar-refractivity contribution in [3.63, 3.8) is 0 Å². The topological polar surface area (TPSA) is 90.3 Å². The Kier molecular flexibility index (Phi) is 9.78. The van der Waals surface area contributed by atoms with E-state index in [0.717, 1.165) is 82.1 Å². The zero-order valence-corrected chi connectivity index (χ0v) is 23.9. The summed E-state index contributed by atoms with van der Waals surface area (Å²) in [7, 11) is 1.68. The molecule has 2 aromatic rings.